The Balaban J connectivity index is 1.34. The number of carbonyl (C=O) groups is 1. The predicted molar refractivity (Wildman–Crippen MR) is 118 cm³/mol. The van der Waals surface area contributed by atoms with E-state index in [2.05, 4.69) is 23.5 Å². The standard InChI is InChI=1S/C24H30N2O3S/c1-18(21-12-11-19-7-5-6-8-22(19)17-21)25-24(27)20-13-15-26(16-14-20)30(28,29)23-9-3-2-4-10-23/h2-4,9-12,17-18,20H,5-8,13-16H2,1H3,(H,25,27)/t18-/m1/s1. The second-order valence-corrected chi connectivity index (χ2v) is 10.4. The number of nitrogens with zero attached hydrogens (tertiary/aromatic N) is 1. The molecule has 2 aromatic rings. The number of nitrogens with one attached hydrogen (secondary N) is 1. The number of fused-ring (bicyclic) bond motifs is 1. The maximum atomic E-state index is 12.8. The zero-order valence-electron chi connectivity index (χ0n) is 17.5. The van der Waals surface area contributed by atoms with E-state index in [0.29, 0.717) is 30.8 Å². The van der Waals surface area contributed by atoms with Crippen LogP contribution in [0, 0.1) is 5.92 Å². The maximum Gasteiger partial charge on any atom is 0.243 e. The van der Waals surface area contributed by atoms with Crippen LogP contribution in [-0.4, -0.2) is 31.7 Å². The van der Waals surface area contributed by atoms with E-state index in [1.165, 1.54) is 28.3 Å². The summed E-state index contributed by atoms with van der Waals surface area (Å²) >= 11 is 0. The molecule has 1 aliphatic carbocycles. The minimum absolute atomic E-state index is 0.0250. The molecule has 0 unspecified atom stereocenters. The van der Waals surface area contributed by atoms with Gasteiger partial charge in [0.05, 0.1) is 10.9 Å². The molecule has 1 saturated heterocycles. The Morgan fingerprint density at radius 1 is 1.00 bits per heavy atom. The van der Waals surface area contributed by atoms with E-state index in [4.69, 9.17) is 0 Å². The van der Waals surface area contributed by atoms with Gasteiger partial charge in [-0.25, -0.2) is 8.42 Å². The van der Waals surface area contributed by atoms with Gasteiger partial charge in [0, 0.05) is 19.0 Å². The summed E-state index contributed by atoms with van der Waals surface area (Å²) in [5, 5.41) is 3.15. The Kier molecular flexibility index (Phi) is 6.25. The number of amides is 1. The van der Waals surface area contributed by atoms with E-state index in [9.17, 15) is 13.2 Å². The lowest BCUT2D eigenvalue weighted by atomic mass is 9.89. The van der Waals surface area contributed by atoms with Crippen molar-refractivity contribution in [1.29, 1.82) is 0 Å². The molecule has 0 radical (unpaired) electrons. The van der Waals surface area contributed by atoms with Crippen LogP contribution in [0.5, 0.6) is 0 Å². The molecule has 1 atom stereocenters. The summed E-state index contributed by atoms with van der Waals surface area (Å²) in [6, 6.07) is 15.0. The number of rotatable bonds is 5. The first-order valence-electron chi connectivity index (χ1n) is 10.9. The van der Waals surface area contributed by atoms with Crippen LogP contribution in [0.2, 0.25) is 0 Å². The number of benzene rings is 2. The molecule has 1 N–H and O–H groups in total. The molecule has 6 heteroatoms. The highest BCUT2D eigenvalue weighted by Crippen LogP contribution is 2.27. The second-order valence-electron chi connectivity index (χ2n) is 8.46. The van der Waals surface area contributed by atoms with Gasteiger partial charge < -0.3 is 5.32 Å². The van der Waals surface area contributed by atoms with Gasteiger partial charge >= 0.3 is 0 Å². The lowest BCUT2D eigenvalue weighted by Crippen LogP contribution is -2.43. The molecule has 0 aromatic heterocycles. The van der Waals surface area contributed by atoms with Crippen molar-refractivity contribution in [2.75, 3.05) is 13.1 Å². The van der Waals surface area contributed by atoms with E-state index in [1.807, 2.05) is 6.92 Å². The summed E-state index contributed by atoms with van der Waals surface area (Å²) in [5.41, 5.74) is 4.00. The normalized spacial score (nSPS) is 19.1. The Labute approximate surface area is 179 Å². The van der Waals surface area contributed by atoms with Crippen molar-refractivity contribution in [3.63, 3.8) is 0 Å². The van der Waals surface area contributed by atoms with E-state index in [-0.39, 0.29) is 17.9 Å². The lowest BCUT2D eigenvalue weighted by Gasteiger charge is -2.31. The third-order valence-corrected chi connectivity index (χ3v) is 8.35. The van der Waals surface area contributed by atoms with Crippen LogP contribution >= 0.6 is 0 Å². The van der Waals surface area contributed by atoms with E-state index >= 15 is 0 Å². The van der Waals surface area contributed by atoms with Crippen molar-refractivity contribution in [2.45, 2.75) is 56.4 Å². The van der Waals surface area contributed by atoms with Crippen molar-refractivity contribution < 1.29 is 13.2 Å². The van der Waals surface area contributed by atoms with Crippen LogP contribution < -0.4 is 5.32 Å². The fraction of sp³-hybridized carbons (Fsp3) is 0.458. The number of hydrogen-bond donors (Lipinski definition) is 1. The molecule has 4 rings (SSSR count). The van der Waals surface area contributed by atoms with Crippen molar-refractivity contribution in [1.82, 2.24) is 9.62 Å². The van der Waals surface area contributed by atoms with Crippen molar-refractivity contribution in [3.05, 3.63) is 65.2 Å². The molecular weight excluding hydrogens is 396 g/mol. The molecule has 160 valence electrons. The average Bonchev–Trinajstić information content (AvgIpc) is 2.79. The van der Waals surface area contributed by atoms with E-state index in [0.717, 1.165) is 18.4 Å². The third-order valence-electron chi connectivity index (χ3n) is 6.44. The highest BCUT2D eigenvalue weighted by molar-refractivity contribution is 7.89. The summed E-state index contributed by atoms with van der Waals surface area (Å²) in [6.07, 6.45) is 5.88. The van der Waals surface area contributed by atoms with Gasteiger partial charge in [0.15, 0.2) is 0 Å². The number of aryl methyl sites for hydroxylation is 2. The van der Waals surface area contributed by atoms with Crippen molar-refractivity contribution >= 4 is 15.9 Å². The molecule has 1 amide bonds. The Bertz CT molecular complexity index is 996. The molecule has 0 saturated carbocycles. The fourth-order valence-corrected chi connectivity index (χ4v) is 6.03. The summed E-state index contributed by atoms with van der Waals surface area (Å²) in [7, 11) is -3.48. The van der Waals surface area contributed by atoms with Gasteiger partial charge in [-0.3, -0.25) is 4.79 Å². The molecule has 1 aliphatic heterocycles. The number of hydrogen-bond acceptors (Lipinski definition) is 3. The number of piperidine rings is 1. The van der Waals surface area contributed by atoms with Gasteiger partial charge in [0.2, 0.25) is 15.9 Å². The summed E-state index contributed by atoms with van der Waals surface area (Å²) in [4.78, 5) is 13.1. The van der Waals surface area contributed by atoms with Gasteiger partial charge in [0.1, 0.15) is 0 Å². The first-order valence-corrected chi connectivity index (χ1v) is 12.4. The van der Waals surface area contributed by atoms with Crippen LogP contribution in [0.3, 0.4) is 0 Å². The van der Waals surface area contributed by atoms with Crippen LogP contribution in [0.25, 0.3) is 0 Å². The fourth-order valence-electron chi connectivity index (χ4n) is 4.54. The minimum atomic E-state index is -3.48. The Morgan fingerprint density at radius 3 is 2.37 bits per heavy atom. The summed E-state index contributed by atoms with van der Waals surface area (Å²) in [5.74, 6) is -0.121. The molecule has 2 aromatic carbocycles. The molecule has 1 fully saturated rings. The molecule has 30 heavy (non-hydrogen) atoms. The largest absolute Gasteiger partial charge is 0.349 e. The molecule has 0 bridgehead atoms. The van der Waals surface area contributed by atoms with Crippen LogP contribution in [0.4, 0.5) is 0 Å². The van der Waals surface area contributed by atoms with Crippen LogP contribution in [0.1, 0.15) is 55.3 Å². The topological polar surface area (TPSA) is 66.5 Å². The predicted octanol–water partition coefficient (Wildman–Crippen LogP) is 3.84. The first-order chi connectivity index (χ1) is 14.4. The zero-order chi connectivity index (χ0) is 21.1. The minimum Gasteiger partial charge on any atom is -0.349 e. The van der Waals surface area contributed by atoms with Gasteiger partial charge in [-0.1, -0.05) is 36.4 Å². The Morgan fingerprint density at radius 2 is 1.67 bits per heavy atom. The van der Waals surface area contributed by atoms with Gasteiger partial charge in [-0.2, -0.15) is 4.31 Å². The molecule has 0 spiro atoms. The third kappa shape index (κ3) is 4.44. The lowest BCUT2D eigenvalue weighted by molar-refractivity contribution is -0.126. The van der Waals surface area contributed by atoms with Crippen LogP contribution in [0.15, 0.2) is 53.4 Å². The monoisotopic (exact) mass is 426 g/mol. The smallest absolute Gasteiger partial charge is 0.243 e. The number of sulfonamides is 1. The molecule has 5 nitrogen and oxygen atoms in total. The maximum absolute atomic E-state index is 12.8. The van der Waals surface area contributed by atoms with Gasteiger partial charge in [-0.15, -0.1) is 0 Å². The summed E-state index contributed by atoms with van der Waals surface area (Å²) in [6.45, 7) is 2.78. The SMILES string of the molecule is C[C@@H](NC(=O)C1CCN(S(=O)(=O)c2ccccc2)CC1)c1ccc2c(c1)CCCC2. The highest BCUT2D eigenvalue weighted by atomic mass is 32.2. The van der Waals surface area contributed by atoms with Crippen molar-refractivity contribution in [2.24, 2.45) is 5.92 Å². The second kappa shape index (κ2) is 8.90. The van der Waals surface area contributed by atoms with E-state index in [1.54, 1.807) is 30.3 Å². The molecule has 2 aliphatic rings. The Hall–Kier alpha value is -2.18. The first kappa shape index (κ1) is 21.1. The number of carbonyl (C=O) groups excluding carboxylic acids is 1. The average molecular weight is 427 g/mol. The highest BCUT2D eigenvalue weighted by Gasteiger charge is 2.32. The van der Waals surface area contributed by atoms with Gasteiger partial charge in [-0.05, 0) is 74.3 Å². The quantitative estimate of drug-likeness (QED) is 0.790. The van der Waals surface area contributed by atoms with Crippen LogP contribution in [-0.2, 0) is 27.7 Å². The molecule has 1 heterocycles. The molecular formula is C24H30N2O3S. The van der Waals surface area contributed by atoms with Crippen molar-refractivity contribution in [3.8, 4) is 0 Å². The van der Waals surface area contributed by atoms with Gasteiger partial charge in [0.25, 0.3) is 0 Å². The van der Waals surface area contributed by atoms with E-state index < -0.39 is 10.0 Å². The summed E-state index contributed by atoms with van der Waals surface area (Å²) < 4.78 is 27.0. The zero-order valence-corrected chi connectivity index (χ0v) is 18.3.